The van der Waals surface area contributed by atoms with Crippen LogP contribution in [0.2, 0.25) is 0 Å². The zero-order chi connectivity index (χ0) is 22.0. The van der Waals surface area contributed by atoms with Crippen LogP contribution in [0.4, 0.5) is 5.69 Å². The lowest BCUT2D eigenvalue weighted by Crippen LogP contribution is -2.29. The Hall–Kier alpha value is -2.75. The minimum Gasteiger partial charge on any atom is -0.494 e. The predicted molar refractivity (Wildman–Crippen MR) is 127 cm³/mol. The van der Waals surface area contributed by atoms with Gasteiger partial charge in [-0.3, -0.25) is 4.99 Å². The molecule has 2 N–H and O–H groups in total. The van der Waals surface area contributed by atoms with E-state index in [2.05, 4.69) is 19.9 Å². The molecule has 0 saturated heterocycles. The fourth-order valence-electron chi connectivity index (χ4n) is 3.52. The number of benzene rings is 2. The third-order valence-electron chi connectivity index (χ3n) is 5.39. The molecule has 4 aromatic rings. The third kappa shape index (κ3) is 4.34. The number of thiazole rings is 1. The summed E-state index contributed by atoms with van der Waals surface area (Å²) in [5.74, 6) is 0.126. The van der Waals surface area contributed by atoms with Gasteiger partial charge in [-0.05, 0) is 49.5 Å². The van der Waals surface area contributed by atoms with E-state index in [4.69, 9.17) is 0 Å². The van der Waals surface area contributed by atoms with Crippen LogP contribution in [0.25, 0.3) is 21.1 Å². The second-order valence-corrected chi connectivity index (χ2v) is 10.1. The molecule has 31 heavy (non-hydrogen) atoms. The van der Waals surface area contributed by atoms with Gasteiger partial charge in [-0.2, -0.15) is 0 Å². The summed E-state index contributed by atoms with van der Waals surface area (Å²) < 4.78 is 26.2. The molecule has 4 rings (SSSR count). The molecule has 0 unspecified atom stereocenters. The van der Waals surface area contributed by atoms with E-state index in [-0.39, 0.29) is 11.6 Å². The van der Waals surface area contributed by atoms with Gasteiger partial charge in [-0.15, -0.1) is 11.3 Å². The van der Waals surface area contributed by atoms with Crippen LogP contribution < -0.4 is 0 Å². The van der Waals surface area contributed by atoms with Crippen molar-refractivity contribution < 1.29 is 13.5 Å². The molecule has 162 valence electrons. The van der Waals surface area contributed by atoms with Crippen molar-refractivity contribution in [1.29, 1.82) is 0 Å². The number of rotatable bonds is 8. The van der Waals surface area contributed by atoms with Crippen LogP contribution in [0, 0.1) is 0 Å². The number of aliphatic imine (C=N–C) groups is 1. The van der Waals surface area contributed by atoms with Crippen LogP contribution in [-0.2, 0) is 9.84 Å². The molecule has 2 heterocycles. The van der Waals surface area contributed by atoms with Gasteiger partial charge in [-0.1, -0.05) is 13.8 Å². The molecule has 0 amide bonds. The maximum absolute atomic E-state index is 12.6. The Kier molecular flexibility index (Phi) is 6.08. The Bertz CT molecular complexity index is 1330. The van der Waals surface area contributed by atoms with Gasteiger partial charge >= 0.3 is 0 Å². The first-order valence-electron chi connectivity index (χ1n) is 10.1. The summed E-state index contributed by atoms with van der Waals surface area (Å²) in [4.78, 5) is 14.1. The lowest BCUT2D eigenvalue weighted by Gasteiger charge is -2.17. The zero-order valence-corrected chi connectivity index (χ0v) is 19.0. The molecular formula is C22H24N4O3S2. The van der Waals surface area contributed by atoms with E-state index >= 15 is 0 Å². The first-order valence-corrected chi connectivity index (χ1v) is 12.6. The highest BCUT2D eigenvalue weighted by molar-refractivity contribution is 7.91. The summed E-state index contributed by atoms with van der Waals surface area (Å²) in [6.07, 6.45) is 1.59. The molecule has 0 aliphatic heterocycles. The molecule has 9 heteroatoms. The smallest absolute Gasteiger partial charge is 0.198 e. The second kappa shape index (κ2) is 8.78. The summed E-state index contributed by atoms with van der Waals surface area (Å²) >= 11 is 1.51. The minimum absolute atomic E-state index is 0.0373. The van der Waals surface area contributed by atoms with Crippen molar-refractivity contribution in [3.8, 4) is 5.88 Å². The zero-order valence-electron chi connectivity index (χ0n) is 17.4. The maximum Gasteiger partial charge on any atom is 0.198 e. The Morgan fingerprint density at radius 1 is 1.16 bits per heavy atom. The standard InChI is InChI=1S/C22H24N4O3S2/c1-3-26(4-2)11-12-31(28,29)16-7-5-15(6-8-16)23-13-17-20-18(25-22(17)27)9-10-19-21(20)30-14-24-19/h5-10,13-14,25,27H,3-4,11-12H2,1-2H3. The fourth-order valence-corrected chi connectivity index (χ4v) is 5.66. The molecular weight excluding hydrogens is 432 g/mol. The highest BCUT2D eigenvalue weighted by Crippen LogP contribution is 2.34. The van der Waals surface area contributed by atoms with E-state index in [9.17, 15) is 13.5 Å². The number of sulfone groups is 1. The van der Waals surface area contributed by atoms with E-state index in [0.717, 1.165) is 34.2 Å². The lowest BCUT2D eigenvalue weighted by atomic mass is 10.1. The normalized spacial score (nSPS) is 12.6. The van der Waals surface area contributed by atoms with Gasteiger partial charge in [0.1, 0.15) is 0 Å². The van der Waals surface area contributed by atoms with Crippen LogP contribution in [0.1, 0.15) is 19.4 Å². The molecule has 0 aliphatic rings. The molecule has 0 fully saturated rings. The van der Waals surface area contributed by atoms with Gasteiger partial charge in [0.25, 0.3) is 0 Å². The molecule has 0 atom stereocenters. The Balaban J connectivity index is 1.57. The van der Waals surface area contributed by atoms with Crippen molar-refractivity contribution in [2.45, 2.75) is 18.7 Å². The van der Waals surface area contributed by atoms with Crippen molar-refractivity contribution in [2.24, 2.45) is 4.99 Å². The highest BCUT2D eigenvalue weighted by atomic mass is 32.2. The molecule has 7 nitrogen and oxygen atoms in total. The number of H-pyrrole nitrogens is 1. The molecule has 0 aliphatic carbocycles. The van der Waals surface area contributed by atoms with Crippen molar-refractivity contribution >= 4 is 54.2 Å². The largest absolute Gasteiger partial charge is 0.494 e. The van der Waals surface area contributed by atoms with Gasteiger partial charge in [0.05, 0.1) is 43.1 Å². The molecule has 2 aromatic carbocycles. The molecule has 2 aromatic heterocycles. The minimum atomic E-state index is -3.35. The van der Waals surface area contributed by atoms with Crippen LogP contribution in [-0.4, -0.2) is 60.0 Å². The Labute approximate surface area is 185 Å². The summed E-state index contributed by atoms with van der Waals surface area (Å²) in [6.45, 7) is 6.21. The Morgan fingerprint density at radius 3 is 2.61 bits per heavy atom. The molecule has 0 bridgehead atoms. The molecule has 0 radical (unpaired) electrons. The van der Waals surface area contributed by atoms with Crippen molar-refractivity contribution in [3.05, 3.63) is 47.5 Å². The average molecular weight is 457 g/mol. The van der Waals surface area contributed by atoms with E-state index in [1.807, 2.05) is 26.0 Å². The van der Waals surface area contributed by atoms with Gasteiger partial charge < -0.3 is 15.0 Å². The monoisotopic (exact) mass is 456 g/mol. The van der Waals surface area contributed by atoms with Crippen LogP contribution in [0.15, 0.2) is 51.8 Å². The van der Waals surface area contributed by atoms with Crippen LogP contribution in [0.5, 0.6) is 5.88 Å². The molecule has 0 spiro atoms. The van der Waals surface area contributed by atoms with E-state index < -0.39 is 9.84 Å². The first kappa shape index (κ1) is 21.5. The molecule has 0 saturated carbocycles. The average Bonchev–Trinajstić information content (AvgIpc) is 3.36. The first-order chi connectivity index (χ1) is 14.9. The van der Waals surface area contributed by atoms with Gasteiger partial charge in [0, 0.05) is 18.1 Å². The van der Waals surface area contributed by atoms with Gasteiger partial charge in [0.2, 0.25) is 0 Å². The number of fused-ring (bicyclic) bond motifs is 3. The maximum atomic E-state index is 12.6. The number of aromatic hydroxyl groups is 1. The van der Waals surface area contributed by atoms with Crippen molar-refractivity contribution in [2.75, 3.05) is 25.4 Å². The summed E-state index contributed by atoms with van der Waals surface area (Å²) in [5.41, 5.74) is 4.64. The lowest BCUT2D eigenvalue weighted by molar-refractivity contribution is 0.321. The number of aromatic nitrogens is 2. The number of hydrogen-bond acceptors (Lipinski definition) is 7. The van der Waals surface area contributed by atoms with Crippen LogP contribution in [0.3, 0.4) is 0 Å². The topological polar surface area (TPSA) is 98.6 Å². The third-order valence-corrected chi connectivity index (χ3v) is 7.96. The number of nitrogens with zero attached hydrogens (tertiary/aromatic N) is 3. The quantitative estimate of drug-likeness (QED) is 0.384. The van der Waals surface area contributed by atoms with E-state index in [1.54, 1.807) is 36.0 Å². The number of aromatic amines is 1. The second-order valence-electron chi connectivity index (χ2n) is 7.17. The van der Waals surface area contributed by atoms with E-state index in [0.29, 0.717) is 22.7 Å². The number of nitrogens with one attached hydrogen (secondary N) is 1. The predicted octanol–water partition coefficient (Wildman–Crippen LogP) is 4.35. The summed E-state index contributed by atoms with van der Waals surface area (Å²) in [7, 11) is -3.35. The Morgan fingerprint density at radius 2 is 1.90 bits per heavy atom. The number of hydrogen-bond donors (Lipinski definition) is 2. The fraction of sp³-hybridized carbons (Fsp3) is 0.273. The van der Waals surface area contributed by atoms with Crippen LogP contribution >= 0.6 is 11.3 Å². The highest BCUT2D eigenvalue weighted by Gasteiger charge is 2.16. The van der Waals surface area contributed by atoms with Gasteiger partial charge in [0.15, 0.2) is 15.7 Å². The summed E-state index contributed by atoms with van der Waals surface area (Å²) in [5, 5.41) is 11.2. The van der Waals surface area contributed by atoms with Crippen molar-refractivity contribution in [1.82, 2.24) is 14.9 Å². The van der Waals surface area contributed by atoms with E-state index in [1.165, 1.54) is 11.3 Å². The summed E-state index contributed by atoms with van der Waals surface area (Å²) in [6, 6.07) is 10.3. The van der Waals surface area contributed by atoms with Crippen molar-refractivity contribution in [3.63, 3.8) is 0 Å². The van der Waals surface area contributed by atoms with Gasteiger partial charge in [-0.25, -0.2) is 13.4 Å². The SMILES string of the molecule is CCN(CC)CCS(=O)(=O)c1ccc(N=Cc2c(O)[nH]c3ccc4ncsc4c23)cc1.